The Bertz CT molecular complexity index is 243. The van der Waals surface area contributed by atoms with Gasteiger partial charge in [0.25, 0.3) is 0 Å². The quantitative estimate of drug-likeness (QED) is 0.800. The topological polar surface area (TPSA) is 49.6 Å². The summed E-state index contributed by atoms with van der Waals surface area (Å²) in [6, 6.07) is 1.11. The summed E-state index contributed by atoms with van der Waals surface area (Å²) in [4.78, 5) is 16.4. The first kappa shape index (κ1) is 14.5. The summed E-state index contributed by atoms with van der Waals surface area (Å²) in [7, 11) is 2.13. The summed E-state index contributed by atoms with van der Waals surface area (Å²) in [6.07, 6.45) is 2.49. The van der Waals surface area contributed by atoms with Crippen molar-refractivity contribution in [2.75, 3.05) is 20.1 Å². The number of rotatable bonds is 4. The van der Waals surface area contributed by atoms with Crippen LogP contribution in [0.5, 0.6) is 0 Å². The molecule has 0 aromatic heterocycles. The average molecular weight is 241 g/mol. The zero-order valence-electron chi connectivity index (χ0n) is 11.6. The normalized spacial score (nSPS) is 28.2. The summed E-state index contributed by atoms with van der Waals surface area (Å²) in [6.45, 7) is 8.07. The predicted molar refractivity (Wildman–Crippen MR) is 70.8 cm³/mol. The smallest absolute Gasteiger partial charge is 0.222 e. The van der Waals surface area contributed by atoms with E-state index in [-0.39, 0.29) is 11.9 Å². The van der Waals surface area contributed by atoms with Gasteiger partial charge in [-0.1, -0.05) is 0 Å². The molecule has 1 aliphatic rings. The van der Waals surface area contributed by atoms with Gasteiger partial charge in [-0.15, -0.1) is 0 Å². The molecular formula is C13H27N3O. The van der Waals surface area contributed by atoms with Crippen molar-refractivity contribution >= 4 is 5.91 Å². The third-order valence-corrected chi connectivity index (χ3v) is 3.76. The van der Waals surface area contributed by atoms with Crippen molar-refractivity contribution in [3.05, 3.63) is 0 Å². The molecule has 0 saturated carbocycles. The monoisotopic (exact) mass is 241 g/mol. The highest BCUT2D eigenvalue weighted by Crippen LogP contribution is 2.15. The molecule has 1 rings (SSSR count). The Morgan fingerprint density at radius 1 is 1.35 bits per heavy atom. The van der Waals surface area contributed by atoms with Crippen molar-refractivity contribution in [3.63, 3.8) is 0 Å². The summed E-state index contributed by atoms with van der Waals surface area (Å²) in [5.74, 6) is 0.289. The Hall–Kier alpha value is -0.610. The van der Waals surface area contributed by atoms with Crippen LogP contribution in [0.1, 0.15) is 40.0 Å². The van der Waals surface area contributed by atoms with Crippen LogP contribution in [0.25, 0.3) is 0 Å². The molecule has 17 heavy (non-hydrogen) atoms. The van der Waals surface area contributed by atoms with E-state index in [4.69, 9.17) is 5.73 Å². The average Bonchev–Trinajstić information content (AvgIpc) is 2.24. The molecule has 1 fully saturated rings. The fraction of sp³-hybridized carbons (Fsp3) is 0.923. The van der Waals surface area contributed by atoms with Gasteiger partial charge in [0.2, 0.25) is 5.91 Å². The molecule has 1 saturated heterocycles. The molecule has 4 nitrogen and oxygen atoms in total. The molecule has 0 aromatic rings. The lowest BCUT2D eigenvalue weighted by Gasteiger charge is -2.42. The standard InChI is InChI=1S/C13H27N3O/c1-10(14)6-5-7-13(17)16-8-11(2)15(4)12(3)9-16/h10-12H,5-9,14H2,1-4H3. The molecule has 2 N–H and O–H groups in total. The number of piperazine rings is 1. The number of nitrogens with zero attached hydrogens (tertiary/aromatic N) is 2. The molecule has 0 bridgehead atoms. The number of carbonyl (C=O) groups is 1. The van der Waals surface area contributed by atoms with Crippen molar-refractivity contribution in [1.82, 2.24) is 9.80 Å². The highest BCUT2D eigenvalue weighted by molar-refractivity contribution is 5.76. The lowest BCUT2D eigenvalue weighted by atomic mass is 10.1. The lowest BCUT2D eigenvalue weighted by Crippen LogP contribution is -2.56. The van der Waals surface area contributed by atoms with Gasteiger partial charge in [-0.3, -0.25) is 9.69 Å². The van der Waals surface area contributed by atoms with Crippen LogP contribution in [0.3, 0.4) is 0 Å². The predicted octanol–water partition coefficient (Wildman–Crippen LogP) is 1.05. The Morgan fingerprint density at radius 3 is 2.35 bits per heavy atom. The first-order valence-corrected chi connectivity index (χ1v) is 6.67. The van der Waals surface area contributed by atoms with Crippen LogP contribution in [0.15, 0.2) is 0 Å². The minimum atomic E-state index is 0.202. The summed E-state index contributed by atoms with van der Waals surface area (Å²) in [5, 5.41) is 0. The molecule has 3 atom stereocenters. The SMILES string of the molecule is CC(N)CCCC(=O)N1CC(C)N(C)C(C)C1. The van der Waals surface area contributed by atoms with E-state index in [1.54, 1.807) is 0 Å². The van der Waals surface area contributed by atoms with E-state index in [0.29, 0.717) is 18.5 Å². The number of nitrogens with two attached hydrogens (primary N) is 1. The zero-order chi connectivity index (χ0) is 13.0. The maximum absolute atomic E-state index is 12.0. The van der Waals surface area contributed by atoms with Gasteiger partial charge in [-0.2, -0.15) is 0 Å². The second kappa shape index (κ2) is 6.36. The maximum atomic E-state index is 12.0. The van der Waals surface area contributed by atoms with E-state index in [9.17, 15) is 4.79 Å². The first-order chi connectivity index (χ1) is 7.91. The van der Waals surface area contributed by atoms with Crippen LogP contribution in [-0.2, 0) is 4.79 Å². The van der Waals surface area contributed by atoms with E-state index in [2.05, 4.69) is 25.8 Å². The number of likely N-dealkylation sites (N-methyl/N-ethyl adjacent to an activating group) is 1. The Morgan fingerprint density at radius 2 is 1.88 bits per heavy atom. The van der Waals surface area contributed by atoms with E-state index in [0.717, 1.165) is 25.9 Å². The van der Waals surface area contributed by atoms with Gasteiger partial charge in [0.15, 0.2) is 0 Å². The fourth-order valence-electron chi connectivity index (χ4n) is 2.34. The number of amides is 1. The molecule has 4 heteroatoms. The van der Waals surface area contributed by atoms with Crippen LogP contribution in [-0.4, -0.2) is 54.0 Å². The van der Waals surface area contributed by atoms with E-state index < -0.39 is 0 Å². The molecule has 0 aromatic carbocycles. The number of hydrogen-bond acceptors (Lipinski definition) is 3. The van der Waals surface area contributed by atoms with Crippen LogP contribution < -0.4 is 5.73 Å². The molecule has 3 unspecified atom stereocenters. The van der Waals surface area contributed by atoms with Crippen molar-refractivity contribution < 1.29 is 4.79 Å². The van der Waals surface area contributed by atoms with Gasteiger partial charge in [0.05, 0.1) is 0 Å². The van der Waals surface area contributed by atoms with Crippen LogP contribution in [0.4, 0.5) is 0 Å². The minimum absolute atomic E-state index is 0.202. The van der Waals surface area contributed by atoms with Crippen LogP contribution in [0.2, 0.25) is 0 Å². The Kier molecular flexibility index (Phi) is 5.40. The van der Waals surface area contributed by atoms with E-state index >= 15 is 0 Å². The number of carbonyl (C=O) groups excluding carboxylic acids is 1. The van der Waals surface area contributed by atoms with Crippen LogP contribution >= 0.6 is 0 Å². The molecule has 1 aliphatic heterocycles. The summed E-state index contributed by atoms with van der Waals surface area (Å²) < 4.78 is 0. The van der Waals surface area contributed by atoms with Gasteiger partial charge in [-0.25, -0.2) is 0 Å². The third-order valence-electron chi connectivity index (χ3n) is 3.76. The highest BCUT2D eigenvalue weighted by atomic mass is 16.2. The molecule has 100 valence electrons. The van der Waals surface area contributed by atoms with E-state index in [1.165, 1.54) is 0 Å². The second-order valence-corrected chi connectivity index (χ2v) is 5.53. The highest BCUT2D eigenvalue weighted by Gasteiger charge is 2.28. The van der Waals surface area contributed by atoms with Crippen molar-refractivity contribution in [2.24, 2.45) is 5.73 Å². The van der Waals surface area contributed by atoms with Crippen LogP contribution in [0, 0.1) is 0 Å². The summed E-state index contributed by atoms with van der Waals surface area (Å²) >= 11 is 0. The molecule has 1 heterocycles. The Labute approximate surface area is 105 Å². The van der Waals surface area contributed by atoms with Gasteiger partial charge in [0, 0.05) is 37.6 Å². The first-order valence-electron chi connectivity index (χ1n) is 6.67. The molecule has 1 amide bonds. The van der Waals surface area contributed by atoms with Crippen molar-refractivity contribution in [3.8, 4) is 0 Å². The van der Waals surface area contributed by atoms with E-state index in [1.807, 2.05) is 11.8 Å². The zero-order valence-corrected chi connectivity index (χ0v) is 11.6. The Balaban J connectivity index is 2.37. The fourth-order valence-corrected chi connectivity index (χ4v) is 2.34. The second-order valence-electron chi connectivity index (χ2n) is 5.53. The van der Waals surface area contributed by atoms with Gasteiger partial charge >= 0.3 is 0 Å². The van der Waals surface area contributed by atoms with Gasteiger partial charge in [-0.05, 0) is 40.7 Å². The summed E-state index contributed by atoms with van der Waals surface area (Å²) in [5.41, 5.74) is 5.69. The van der Waals surface area contributed by atoms with Gasteiger partial charge in [0.1, 0.15) is 0 Å². The molecule has 0 spiro atoms. The van der Waals surface area contributed by atoms with Crippen molar-refractivity contribution in [1.29, 1.82) is 0 Å². The maximum Gasteiger partial charge on any atom is 0.222 e. The molecule has 0 radical (unpaired) electrons. The third kappa shape index (κ3) is 4.28. The number of hydrogen-bond donors (Lipinski definition) is 1. The largest absolute Gasteiger partial charge is 0.340 e. The van der Waals surface area contributed by atoms with Crippen molar-refractivity contribution in [2.45, 2.75) is 58.2 Å². The molecular weight excluding hydrogens is 214 g/mol. The minimum Gasteiger partial charge on any atom is -0.340 e. The lowest BCUT2D eigenvalue weighted by molar-refractivity contribution is -0.135. The van der Waals surface area contributed by atoms with Gasteiger partial charge < -0.3 is 10.6 Å². The molecule has 0 aliphatic carbocycles.